The third-order valence-electron chi connectivity index (χ3n) is 4.90. The zero-order valence-electron chi connectivity index (χ0n) is 14.0. The van der Waals surface area contributed by atoms with Gasteiger partial charge in [0.15, 0.2) is 0 Å². The van der Waals surface area contributed by atoms with E-state index in [9.17, 15) is 0 Å². The standard InChI is InChI=1S/C17H30N4/c1-5-13-8-10-14(11-9-13)21(4)17-15(6-2)16(18-7-3)19-12-20-17/h12-14H,5-11H2,1-4H3,(H,18,19,20). The van der Waals surface area contributed by atoms with Gasteiger partial charge in [-0.25, -0.2) is 9.97 Å². The zero-order chi connectivity index (χ0) is 15.2. The first-order chi connectivity index (χ1) is 10.2. The molecule has 0 aromatic carbocycles. The van der Waals surface area contributed by atoms with Gasteiger partial charge in [-0.3, -0.25) is 0 Å². The van der Waals surface area contributed by atoms with Crippen molar-refractivity contribution in [3.05, 3.63) is 11.9 Å². The van der Waals surface area contributed by atoms with Crippen molar-refractivity contribution in [2.75, 3.05) is 23.8 Å². The van der Waals surface area contributed by atoms with Gasteiger partial charge in [-0.2, -0.15) is 0 Å². The predicted octanol–water partition coefficient (Wildman–Crippen LogP) is 3.88. The topological polar surface area (TPSA) is 41.1 Å². The molecule has 2 rings (SSSR count). The Kier molecular flexibility index (Phi) is 5.83. The molecule has 0 spiro atoms. The van der Waals surface area contributed by atoms with Gasteiger partial charge < -0.3 is 10.2 Å². The number of nitrogens with one attached hydrogen (secondary N) is 1. The largest absolute Gasteiger partial charge is 0.370 e. The van der Waals surface area contributed by atoms with Crippen LogP contribution in [0.1, 0.15) is 58.4 Å². The average molecular weight is 290 g/mol. The molecule has 1 aliphatic carbocycles. The Morgan fingerprint density at radius 1 is 1.14 bits per heavy atom. The quantitative estimate of drug-likeness (QED) is 0.863. The van der Waals surface area contributed by atoms with E-state index in [1.54, 1.807) is 6.33 Å². The number of hydrogen-bond acceptors (Lipinski definition) is 4. The molecule has 0 radical (unpaired) electrons. The second kappa shape index (κ2) is 7.62. The predicted molar refractivity (Wildman–Crippen MR) is 90.0 cm³/mol. The molecule has 118 valence electrons. The van der Waals surface area contributed by atoms with E-state index in [1.165, 1.54) is 37.7 Å². The molecular weight excluding hydrogens is 260 g/mol. The van der Waals surface area contributed by atoms with Gasteiger partial charge in [0.25, 0.3) is 0 Å². The van der Waals surface area contributed by atoms with E-state index < -0.39 is 0 Å². The summed E-state index contributed by atoms with van der Waals surface area (Å²) in [5.74, 6) is 3.05. The molecule has 0 bridgehead atoms. The lowest BCUT2D eigenvalue weighted by Crippen LogP contribution is -2.36. The Labute approximate surface area is 129 Å². The molecule has 1 heterocycles. The molecule has 0 unspecified atom stereocenters. The molecule has 0 aliphatic heterocycles. The van der Waals surface area contributed by atoms with Crippen LogP contribution >= 0.6 is 0 Å². The van der Waals surface area contributed by atoms with Crippen molar-refractivity contribution in [2.45, 2.75) is 65.3 Å². The van der Waals surface area contributed by atoms with Gasteiger partial charge in [0.2, 0.25) is 0 Å². The molecule has 4 heteroatoms. The van der Waals surface area contributed by atoms with E-state index in [0.29, 0.717) is 6.04 Å². The van der Waals surface area contributed by atoms with Crippen LogP contribution in [0.3, 0.4) is 0 Å². The van der Waals surface area contributed by atoms with Gasteiger partial charge in [-0.1, -0.05) is 20.3 Å². The summed E-state index contributed by atoms with van der Waals surface area (Å²) in [5, 5.41) is 3.36. The first-order valence-electron chi connectivity index (χ1n) is 8.51. The molecule has 0 saturated heterocycles. The Morgan fingerprint density at radius 2 is 1.86 bits per heavy atom. The van der Waals surface area contributed by atoms with Crippen LogP contribution in [0.25, 0.3) is 0 Å². The van der Waals surface area contributed by atoms with Crippen molar-refractivity contribution in [1.82, 2.24) is 9.97 Å². The minimum Gasteiger partial charge on any atom is -0.370 e. The van der Waals surface area contributed by atoms with E-state index in [4.69, 9.17) is 0 Å². The number of hydrogen-bond donors (Lipinski definition) is 1. The number of aromatic nitrogens is 2. The second-order valence-corrected chi connectivity index (χ2v) is 6.10. The third-order valence-corrected chi connectivity index (χ3v) is 4.90. The fraction of sp³-hybridized carbons (Fsp3) is 0.765. The first kappa shape index (κ1) is 16.1. The van der Waals surface area contributed by atoms with Crippen LogP contribution in [-0.4, -0.2) is 29.6 Å². The van der Waals surface area contributed by atoms with Gasteiger partial charge in [0.05, 0.1) is 0 Å². The maximum Gasteiger partial charge on any atom is 0.137 e. The van der Waals surface area contributed by atoms with Crippen molar-refractivity contribution < 1.29 is 0 Å². The lowest BCUT2D eigenvalue weighted by Gasteiger charge is -2.36. The smallest absolute Gasteiger partial charge is 0.137 e. The van der Waals surface area contributed by atoms with Crippen LogP contribution in [0, 0.1) is 5.92 Å². The molecular formula is C17H30N4. The molecule has 4 nitrogen and oxygen atoms in total. The third kappa shape index (κ3) is 3.66. The monoisotopic (exact) mass is 290 g/mol. The molecule has 1 aromatic heterocycles. The van der Waals surface area contributed by atoms with E-state index in [1.807, 2.05) is 0 Å². The molecule has 0 amide bonds. The van der Waals surface area contributed by atoms with Crippen molar-refractivity contribution in [1.29, 1.82) is 0 Å². The van der Waals surface area contributed by atoms with Crippen LogP contribution in [0.2, 0.25) is 0 Å². The van der Waals surface area contributed by atoms with Crippen LogP contribution in [0.15, 0.2) is 6.33 Å². The van der Waals surface area contributed by atoms with Crippen LogP contribution in [0.4, 0.5) is 11.6 Å². The van der Waals surface area contributed by atoms with E-state index in [0.717, 1.165) is 30.5 Å². The van der Waals surface area contributed by atoms with Crippen molar-refractivity contribution in [3.63, 3.8) is 0 Å². The van der Waals surface area contributed by atoms with Crippen molar-refractivity contribution >= 4 is 11.6 Å². The highest BCUT2D eigenvalue weighted by Crippen LogP contribution is 2.32. The molecule has 0 atom stereocenters. The highest BCUT2D eigenvalue weighted by Gasteiger charge is 2.25. The van der Waals surface area contributed by atoms with Crippen LogP contribution in [0.5, 0.6) is 0 Å². The fourth-order valence-electron chi connectivity index (χ4n) is 3.47. The molecule has 1 saturated carbocycles. The summed E-state index contributed by atoms with van der Waals surface area (Å²) in [4.78, 5) is 11.4. The Balaban J connectivity index is 2.15. The van der Waals surface area contributed by atoms with E-state index in [2.05, 4.69) is 48.0 Å². The number of anilines is 2. The van der Waals surface area contributed by atoms with Crippen molar-refractivity contribution in [2.24, 2.45) is 5.92 Å². The SMILES string of the molecule is CCNc1ncnc(N(C)C2CCC(CC)CC2)c1CC. The maximum absolute atomic E-state index is 4.58. The van der Waals surface area contributed by atoms with E-state index >= 15 is 0 Å². The summed E-state index contributed by atoms with van der Waals surface area (Å²) in [7, 11) is 2.20. The highest BCUT2D eigenvalue weighted by atomic mass is 15.2. The van der Waals surface area contributed by atoms with Gasteiger partial charge >= 0.3 is 0 Å². The second-order valence-electron chi connectivity index (χ2n) is 6.10. The lowest BCUT2D eigenvalue weighted by molar-refractivity contribution is 0.312. The summed E-state index contributed by atoms with van der Waals surface area (Å²) in [6, 6.07) is 0.627. The van der Waals surface area contributed by atoms with Gasteiger partial charge in [0, 0.05) is 25.2 Å². The fourth-order valence-corrected chi connectivity index (χ4v) is 3.47. The Hall–Kier alpha value is -1.32. The summed E-state index contributed by atoms with van der Waals surface area (Å²) >= 11 is 0. The summed E-state index contributed by atoms with van der Waals surface area (Å²) in [6.07, 6.45) is 9.29. The molecule has 1 fully saturated rings. The first-order valence-corrected chi connectivity index (χ1v) is 8.51. The van der Waals surface area contributed by atoms with Crippen LogP contribution < -0.4 is 10.2 Å². The maximum atomic E-state index is 4.58. The highest BCUT2D eigenvalue weighted by molar-refractivity contribution is 5.58. The van der Waals surface area contributed by atoms with Crippen LogP contribution in [-0.2, 0) is 6.42 Å². The minimum absolute atomic E-state index is 0.627. The minimum atomic E-state index is 0.627. The summed E-state index contributed by atoms with van der Waals surface area (Å²) in [6.45, 7) is 7.51. The normalized spacial score (nSPS) is 22.1. The molecule has 1 N–H and O–H groups in total. The molecule has 1 aliphatic rings. The molecule has 21 heavy (non-hydrogen) atoms. The Morgan fingerprint density at radius 3 is 2.43 bits per heavy atom. The average Bonchev–Trinajstić information content (AvgIpc) is 2.54. The Bertz CT molecular complexity index is 438. The van der Waals surface area contributed by atoms with E-state index in [-0.39, 0.29) is 0 Å². The van der Waals surface area contributed by atoms with Gasteiger partial charge in [-0.05, 0) is 44.9 Å². The van der Waals surface area contributed by atoms with Gasteiger partial charge in [0.1, 0.15) is 18.0 Å². The van der Waals surface area contributed by atoms with Crippen molar-refractivity contribution in [3.8, 4) is 0 Å². The molecule has 1 aromatic rings. The van der Waals surface area contributed by atoms with Gasteiger partial charge in [-0.15, -0.1) is 0 Å². The number of rotatable bonds is 6. The summed E-state index contributed by atoms with van der Waals surface area (Å²) < 4.78 is 0. The lowest BCUT2D eigenvalue weighted by atomic mass is 9.84. The number of nitrogens with zero attached hydrogens (tertiary/aromatic N) is 3. The summed E-state index contributed by atoms with van der Waals surface area (Å²) in [5.41, 5.74) is 1.25. The zero-order valence-corrected chi connectivity index (χ0v) is 14.0.